The number of hydrogen-bond donors (Lipinski definition) is 0. The second kappa shape index (κ2) is 10.8. The predicted octanol–water partition coefficient (Wildman–Crippen LogP) is 2.87. The lowest BCUT2D eigenvalue weighted by molar-refractivity contribution is -0.132. The molecule has 7 heteroatoms. The van der Waals surface area contributed by atoms with Crippen LogP contribution in [0.25, 0.3) is 0 Å². The largest absolute Gasteiger partial charge is 0.489 e. The molecule has 3 rings (SSSR count). The van der Waals surface area contributed by atoms with Gasteiger partial charge in [0.1, 0.15) is 12.4 Å². The zero-order valence-electron chi connectivity index (χ0n) is 17.9. The average molecular weight is 414 g/mol. The van der Waals surface area contributed by atoms with Gasteiger partial charge in [-0.05, 0) is 38.5 Å². The van der Waals surface area contributed by atoms with Crippen LogP contribution in [0.3, 0.4) is 0 Å². The summed E-state index contributed by atoms with van der Waals surface area (Å²) in [5.41, 5.74) is 0.738. The van der Waals surface area contributed by atoms with E-state index in [0.29, 0.717) is 31.9 Å². The molecule has 162 valence electrons. The highest BCUT2D eigenvalue weighted by atomic mass is 16.5. The molecule has 0 spiro atoms. The Hall–Kier alpha value is -2.80. The molecule has 0 N–H and O–H groups in total. The van der Waals surface area contributed by atoms with E-state index in [0.717, 1.165) is 37.4 Å². The zero-order chi connectivity index (χ0) is 21.3. The number of ether oxygens (including phenoxy) is 1. The van der Waals surface area contributed by atoms with E-state index in [-0.39, 0.29) is 18.4 Å². The molecule has 1 saturated heterocycles. The van der Waals surface area contributed by atoms with Gasteiger partial charge in [-0.25, -0.2) is 0 Å². The molecule has 30 heavy (non-hydrogen) atoms. The van der Waals surface area contributed by atoms with Crippen molar-refractivity contribution in [3.05, 3.63) is 54.0 Å². The van der Waals surface area contributed by atoms with E-state index in [4.69, 9.17) is 9.15 Å². The topological polar surface area (TPSA) is 66.2 Å². The molecule has 0 bridgehead atoms. The molecule has 1 aliphatic heterocycles. The SMILES string of the molecule is CCN(CC)C(=O)CN1CCCN(C(=O)c2occc2COc2ccccc2)CC1. The van der Waals surface area contributed by atoms with Gasteiger partial charge >= 0.3 is 0 Å². The molecule has 1 aliphatic rings. The van der Waals surface area contributed by atoms with Crippen molar-refractivity contribution >= 4 is 11.8 Å². The summed E-state index contributed by atoms with van der Waals surface area (Å²) < 4.78 is 11.3. The number of furan rings is 1. The summed E-state index contributed by atoms with van der Waals surface area (Å²) in [5, 5.41) is 0. The van der Waals surface area contributed by atoms with Gasteiger partial charge in [-0.15, -0.1) is 0 Å². The Morgan fingerprint density at radius 2 is 1.80 bits per heavy atom. The van der Waals surface area contributed by atoms with E-state index in [1.807, 2.05) is 54.0 Å². The van der Waals surface area contributed by atoms with Gasteiger partial charge in [0.05, 0.1) is 12.8 Å². The van der Waals surface area contributed by atoms with Gasteiger partial charge in [0.2, 0.25) is 5.91 Å². The standard InChI is InChI=1S/C23H31N3O4/c1-3-25(4-2)21(27)17-24-12-8-13-26(15-14-24)23(28)22-19(11-16-29-22)18-30-20-9-6-5-7-10-20/h5-7,9-11,16H,3-4,8,12-15,17-18H2,1-2H3. The fourth-order valence-electron chi connectivity index (χ4n) is 3.66. The molecule has 0 saturated carbocycles. The maximum absolute atomic E-state index is 13.1. The van der Waals surface area contributed by atoms with Gasteiger partial charge in [0.15, 0.2) is 5.76 Å². The van der Waals surface area contributed by atoms with Crippen LogP contribution < -0.4 is 4.74 Å². The normalized spacial score (nSPS) is 14.9. The lowest BCUT2D eigenvalue weighted by Crippen LogP contribution is -2.42. The number of likely N-dealkylation sites (N-methyl/N-ethyl adjacent to an activating group) is 1. The minimum atomic E-state index is -0.122. The number of nitrogens with zero attached hydrogens (tertiary/aromatic N) is 3. The molecule has 2 aromatic rings. The van der Waals surface area contributed by atoms with Crippen LogP contribution in [0.15, 0.2) is 47.1 Å². The highest BCUT2D eigenvalue weighted by Crippen LogP contribution is 2.18. The first-order valence-corrected chi connectivity index (χ1v) is 10.7. The van der Waals surface area contributed by atoms with Crippen LogP contribution in [0.4, 0.5) is 0 Å². The van der Waals surface area contributed by atoms with Crippen LogP contribution in [0, 0.1) is 0 Å². The van der Waals surface area contributed by atoms with Crippen LogP contribution >= 0.6 is 0 Å². The first-order chi connectivity index (χ1) is 14.6. The summed E-state index contributed by atoms with van der Waals surface area (Å²) in [4.78, 5) is 31.2. The van der Waals surface area contributed by atoms with Crippen LogP contribution in [0.2, 0.25) is 0 Å². The van der Waals surface area contributed by atoms with E-state index >= 15 is 0 Å². The van der Waals surface area contributed by atoms with Crippen molar-refractivity contribution in [3.8, 4) is 5.75 Å². The summed E-state index contributed by atoms with van der Waals surface area (Å²) in [7, 11) is 0. The van der Waals surface area contributed by atoms with Gasteiger partial charge in [0.25, 0.3) is 5.91 Å². The predicted molar refractivity (Wildman–Crippen MR) is 114 cm³/mol. The molecule has 1 fully saturated rings. The van der Waals surface area contributed by atoms with Crippen molar-refractivity contribution in [1.82, 2.24) is 14.7 Å². The number of hydrogen-bond acceptors (Lipinski definition) is 5. The Morgan fingerprint density at radius 3 is 2.53 bits per heavy atom. The lowest BCUT2D eigenvalue weighted by Gasteiger charge is -2.25. The molecule has 2 heterocycles. The Bertz CT molecular complexity index is 817. The molecular formula is C23H31N3O4. The van der Waals surface area contributed by atoms with E-state index in [2.05, 4.69) is 4.90 Å². The molecule has 0 unspecified atom stereocenters. The Labute approximate surface area is 178 Å². The fourth-order valence-corrected chi connectivity index (χ4v) is 3.66. The number of benzene rings is 1. The van der Waals surface area contributed by atoms with E-state index < -0.39 is 0 Å². The van der Waals surface area contributed by atoms with Crippen molar-refractivity contribution in [1.29, 1.82) is 0 Å². The second-order valence-electron chi connectivity index (χ2n) is 7.36. The van der Waals surface area contributed by atoms with Crippen LogP contribution in [0.5, 0.6) is 5.75 Å². The summed E-state index contributed by atoms with van der Waals surface area (Å²) in [6.07, 6.45) is 2.36. The summed E-state index contributed by atoms with van der Waals surface area (Å²) in [5.74, 6) is 1.11. The average Bonchev–Trinajstić information content (AvgIpc) is 3.12. The monoisotopic (exact) mass is 413 g/mol. The first-order valence-electron chi connectivity index (χ1n) is 10.7. The molecule has 7 nitrogen and oxygen atoms in total. The highest BCUT2D eigenvalue weighted by Gasteiger charge is 2.26. The Balaban J connectivity index is 1.56. The minimum absolute atomic E-state index is 0.122. The maximum atomic E-state index is 13.1. The number of para-hydroxylation sites is 1. The summed E-state index contributed by atoms with van der Waals surface area (Å²) in [6, 6.07) is 11.3. The third-order valence-corrected chi connectivity index (χ3v) is 5.43. The fraction of sp³-hybridized carbons (Fsp3) is 0.478. The number of amides is 2. The third-order valence-electron chi connectivity index (χ3n) is 5.43. The Kier molecular flexibility index (Phi) is 7.90. The van der Waals surface area contributed by atoms with Crippen LogP contribution in [-0.4, -0.2) is 72.3 Å². The number of rotatable bonds is 8. The quantitative estimate of drug-likeness (QED) is 0.666. The number of carbonyl (C=O) groups excluding carboxylic acids is 2. The zero-order valence-corrected chi connectivity index (χ0v) is 17.9. The highest BCUT2D eigenvalue weighted by molar-refractivity contribution is 5.93. The van der Waals surface area contributed by atoms with E-state index in [1.165, 1.54) is 6.26 Å². The van der Waals surface area contributed by atoms with Crippen molar-refractivity contribution in [2.24, 2.45) is 0 Å². The van der Waals surface area contributed by atoms with E-state index in [9.17, 15) is 9.59 Å². The summed E-state index contributed by atoms with van der Waals surface area (Å²) >= 11 is 0. The molecule has 1 aromatic heterocycles. The van der Waals surface area contributed by atoms with Gasteiger partial charge in [-0.2, -0.15) is 0 Å². The van der Waals surface area contributed by atoms with Crippen LogP contribution in [-0.2, 0) is 11.4 Å². The maximum Gasteiger partial charge on any atom is 0.290 e. The molecule has 0 radical (unpaired) electrons. The first kappa shape index (κ1) is 21.9. The van der Waals surface area contributed by atoms with Gasteiger partial charge < -0.3 is 19.0 Å². The van der Waals surface area contributed by atoms with Crippen molar-refractivity contribution < 1.29 is 18.7 Å². The molecule has 1 aromatic carbocycles. The molecule has 2 amide bonds. The van der Waals surface area contributed by atoms with E-state index in [1.54, 1.807) is 6.07 Å². The lowest BCUT2D eigenvalue weighted by atomic mass is 10.2. The molecular weight excluding hydrogens is 382 g/mol. The number of carbonyl (C=O) groups is 2. The Morgan fingerprint density at radius 1 is 1.03 bits per heavy atom. The smallest absolute Gasteiger partial charge is 0.290 e. The third kappa shape index (κ3) is 5.63. The van der Waals surface area contributed by atoms with Gasteiger partial charge in [-0.3, -0.25) is 14.5 Å². The summed E-state index contributed by atoms with van der Waals surface area (Å²) in [6.45, 7) is 8.81. The van der Waals surface area contributed by atoms with Crippen molar-refractivity contribution in [3.63, 3.8) is 0 Å². The van der Waals surface area contributed by atoms with Gasteiger partial charge in [0, 0.05) is 44.8 Å². The molecule has 0 atom stereocenters. The van der Waals surface area contributed by atoms with Crippen molar-refractivity contribution in [2.75, 3.05) is 45.8 Å². The van der Waals surface area contributed by atoms with Gasteiger partial charge in [-0.1, -0.05) is 18.2 Å². The second-order valence-corrected chi connectivity index (χ2v) is 7.36. The van der Waals surface area contributed by atoms with Crippen LogP contribution in [0.1, 0.15) is 36.4 Å². The molecule has 0 aliphatic carbocycles. The minimum Gasteiger partial charge on any atom is -0.489 e. The van der Waals surface area contributed by atoms with Crippen molar-refractivity contribution in [2.45, 2.75) is 26.9 Å².